The third-order valence-corrected chi connectivity index (χ3v) is 16.8. The lowest BCUT2D eigenvalue weighted by Crippen LogP contribution is -2.41. The number of carbonyl (C=O) groups is 3. The van der Waals surface area contributed by atoms with Gasteiger partial charge in [-0.15, -0.1) is 0 Å². The van der Waals surface area contributed by atoms with Crippen molar-refractivity contribution in [2.75, 3.05) is 73.5 Å². The molecule has 2 aromatic carbocycles. The van der Waals surface area contributed by atoms with Crippen molar-refractivity contribution in [2.24, 2.45) is 23.7 Å². The number of anilines is 4. The molecule has 12 rings (SSSR count). The van der Waals surface area contributed by atoms with Gasteiger partial charge in [-0.25, -0.2) is 24.7 Å². The smallest absolute Gasteiger partial charge is 0.416 e. The molecule has 6 fully saturated rings. The molecule has 5 N–H and O–H groups in total. The van der Waals surface area contributed by atoms with Crippen molar-refractivity contribution in [2.45, 2.75) is 154 Å². The Kier molecular flexibility index (Phi) is 18.0. The molecule has 0 radical (unpaired) electrons. The van der Waals surface area contributed by atoms with Gasteiger partial charge in [0.05, 0.1) is 36.2 Å². The summed E-state index contributed by atoms with van der Waals surface area (Å²) in [7, 11) is 0. The molecule has 6 aromatic rings. The third kappa shape index (κ3) is 15.0. The van der Waals surface area contributed by atoms with Crippen molar-refractivity contribution in [3.05, 3.63) is 84.4 Å². The Morgan fingerprint density at radius 3 is 1.48 bits per heavy atom. The highest BCUT2D eigenvalue weighted by Gasteiger charge is 2.31. The number of hydrogen-bond acceptors (Lipinski definition) is 13. The van der Waals surface area contributed by atoms with Gasteiger partial charge in [0.2, 0.25) is 0 Å². The van der Waals surface area contributed by atoms with Crippen LogP contribution in [0.1, 0.15) is 157 Å². The topological polar surface area (TPSA) is 203 Å². The maximum atomic E-state index is 13.7. The summed E-state index contributed by atoms with van der Waals surface area (Å²) in [5.41, 5.74) is 5.99. The zero-order valence-corrected chi connectivity index (χ0v) is 47.9. The molecule has 0 unspecified atom stereocenters. The van der Waals surface area contributed by atoms with Crippen LogP contribution in [0.15, 0.2) is 73.3 Å². The lowest BCUT2D eigenvalue weighted by molar-refractivity contribution is 0.0570. The van der Waals surface area contributed by atoms with Crippen LogP contribution in [0.25, 0.3) is 33.8 Å². The molecule has 6 aliphatic rings. The Bertz CT molecular complexity index is 3070. The number of carbonyl (C=O) groups excluding carboxylic acids is 3. The van der Waals surface area contributed by atoms with Gasteiger partial charge in [-0.2, -0.15) is 0 Å². The van der Waals surface area contributed by atoms with E-state index in [4.69, 9.17) is 34.1 Å². The molecule has 0 atom stereocenters. The number of fused-ring (bicyclic) bond motifs is 2. The van der Waals surface area contributed by atoms with E-state index in [0.29, 0.717) is 70.7 Å². The first-order chi connectivity index (χ1) is 39.5. The summed E-state index contributed by atoms with van der Waals surface area (Å²) >= 11 is 0. The molecule has 432 valence electrons. The van der Waals surface area contributed by atoms with E-state index in [2.05, 4.69) is 37.2 Å². The maximum absolute atomic E-state index is 13.7. The molecule has 4 aliphatic carbocycles. The molecule has 0 bridgehead atoms. The van der Waals surface area contributed by atoms with Gasteiger partial charge >= 0.3 is 6.09 Å². The fourth-order valence-electron chi connectivity index (χ4n) is 11.7. The van der Waals surface area contributed by atoms with Gasteiger partial charge in [-0.3, -0.25) is 23.3 Å². The van der Waals surface area contributed by atoms with Crippen molar-refractivity contribution in [3.63, 3.8) is 0 Å². The van der Waals surface area contributed by atoms with Crippen LogP contribution in [0.2, 0.25) is 0 Å². The van der Waals surface area contributed by atoms with Gasteiger partial charge in [-0.05, 0) is 146 Å². The highest BCUT2D eigenvalue weighted by Crippen LogP contribution is 2.33. The lowest BCUT2D eigenvalue weighted by Gasteiger charge is -2.31. The minimum atomic E-state index is -0.635. The second-order valence-corrected chi connectivity index (χ2v) is 24.6. The molecule has 18 nitrogen and oxygen atoms in total. The first-order valence-corrected chi connectivity index (χ1v) is 30.4. The molecule has 4 aromatic heterocycles. The zero-order chi connectivity index (χ0) is 55.7. The molecule has 3 amide bonds. The van der Waals surface area contributed by atoms with E-state index >= 15 is 0 Å². The number of ether oxygens (including phenoxy) is 3. The van der Waals surface area contributed by atoms with E-state index in [0.717, 1.165) is 150 Å². The SMILES string of the molecule is CC(C)(C)OC(=O)N(CC1CCCCC1)c1cn2c(-c3ccc(C(=O)NC4CC4)cc3)cnc2c(NCC2CCOCC2)n1.O=C(NC1CC1)c1ccc(-c2cnc3c(NCC4CCOCC4)nc(NCC4CCCCC4)cn23)cc1. The largest absolute Gasteiger partial charge is 0.443 e. The number of amides is 3. The van der Waals surface area contributed by atoms with Crippen LogP contribution < -0.4 is 31.5 Å². The van der Waals surface area contributed by atoms with E-state index in [1.807, 2.05) is 92.3 Å². The summed E-state index contributed by atoms with van der Waals surface area (Å²) in [6.07, 6.45) is 28.1. The number of aromatic nitrogens is 6. The fraction of sp³-hybridized carbons (Fsp3) is 0.571. The summed E-state index contributed by atoms with van der Waals surface area (Å²) in [5, 5.41) is 16.9. The van der Waals surface area contributed by atoms with Gasteiger partial charge in [0.15, 0.2) is 28.7 Å². The third-order valence-electron chi connectivity index (χ3n) is 16.8. The molecular weight excluding hydrogens is 1020 g/mol. The van der Waals surface area contributed by atoms with Gasteiger partial charge in [0.1, 0.15) is 11.4 Å². The monoisotopic (exact) mass is 1100 g/mol. The van der Waals surface area contributed by atoms with Crippen molar-refractivity contribution in [1.29, 1.82) is 0 Å². The molecule has 4 saturated carbocycles. The molecule has 2 saturated heterocycles. The Morgan fingerprint density at radius 2 is 1.00 bits per heavy atom. The summed E-state index contributed by atoms with van der Waals surface area (Å²) < 4.78 is 21.1. The first-order valence-electron chi connectivity index (χ1n) is 30.4. The second-order valence-electron chi connectivity index (χ2n) is 24.6. The maximum Gasteiger partial charge on any atom is 0.416 e. The molecule has 81 heavy (non-hydrogen) atoms. The van der Waals surface area contributed by atoms with E-state index in [-0.39, 0.29) is 11.8 Å². The Balaban J connectivity index is 0.000000173. The van der Waals surface area contributed by atoms with Gasteiger partial charge in [0.25, 0.3) is 11.8 Å². The number of nitrogens with one attached hydrogen (secondary N) is 5. The van der Waals surface area contributed by atoms with Crippen LogP contribution in [0.4, 0.5) is 28.1 Å². The van der Waals surface area contributed by atoms with E-state index in [9.17, 15) is 14.4 Å². The standard InChI is InChI=1S/C34H46N6O4.C29H38N6O2/c1-34(2,3)44-33(42)40(21-24-7-5-4-6-8-24)29-22-39-28(25-9-11-26(12-10-25)32(41)37-27-13-14-27)20-36-31(39)30(38-29)35-19-23-15-17-43-18-16-23;36-29(33-24-10-11-24)23-8-6-22(7-9-23)25-18-32-28-27(31-17-21-12-14-37-15-13-21)34-26(19-35(25)28)30-16-20-4-2-1-3-5-20/h9-12,20,22-24,27H,4-8,13-19,21H2,1-3H3,(H,35,38)(H,37,41);6-9,18-21,24,30H,1-5,10-17H2,(H,31,34)(H,33,36). The van der Waals surface area contributed by atoms with Crippen LogP contribution >= 0.6 is 0 Å². The van der Waals surface area contributed by atoms with Crippen molar-refractivity contribution in [3.8, 4) is 22.5 Å². The molecule has 0 spiro atoms. The number of rotatable bonds is 18. The van der Waals surface area contributed by atoms with Crippen LogP contribution in [-0.2, 0) is 14.2 Å². The predicted molar refractivity (Wildman–Crippen MR) is 317 cm³/mol. The van der Waals surface area contributed by atoms with E-state index < -0.39 is 11.7 Å². The Morgan fingerprint density at radius 1 is 0.556 bits per heavy atom. The minimum Gasteiger partial charge on any atom is -0.443 e. The molecule has 2 aliphatic heterocycles. The lowest BCUT2D eigenvalue weighted by atomic mass is 9.89. The fourth-order valence-corrected chi connectivity index (χ4v) is 11.7. The Labute approximate surface area is 476 Å². The van der Waals surface area contributed by atoms with Gasteiger partial charge < -0.3 is 40.8 Å². The van der Waals surface area contributed by atoms with Gasteiger partial charge in [-0.1, -0.05) is 62.8 Å². The molecule has 18 heteroatoms. The van der Waals surface area contributed by atoms with Crippen molar-refractivity contribution < 1.29 is 28.6 Å². The average molecular weight is 1110 g/mol. The van der Waals surface area contributed by atoms with E-state index in [1.54, 1.807) is 4.90 Å². The molecule has 6 heterocycles. The van der Waals surface area contributed by atoms with Crippen molar-refractivity contribution >= 4 is 52.5 Å². The number of nitrogens with zero attached hydrogens (tertiary/aromatic N) is 7. The highest BCUT2D eigenvalue weighted by atomic mass is 16.6. The van der Waals surface area contributed by atoms with E-state index in [1.165, 1.54) is 51.4 Å². The summed E-state index contributed by atoms with van der Waals surface area (Å²) in [4.78, 5) is 60.0. The number of hydrogen-bond donors (Lipinski definition) is 5. The van der Waals surface area contributed by atoms with Gasteiger partial charge in [0, 0.05) is 86.9 Å². The van der Waals surface area contributed by atoms with Crippen LogP contribution in [0, 0.1) is 23.7 Å². The average Bonchev–Trinajstić information content (AvgIpc) is 4.53. The predicted octanol–water partition coefficient (Wildman–Crippen LogP) is 11.6. The Hall–Kier alpha value is -6.79. The summed E-state index contributed by atoms with van der Waals surface area (Å²) in [6.45, 7) is 12.0. The van der Waals surface area contributed by atoms with Crippen LogP contribution in [0.5, 0.6) is 0 Å². The second kappa shape index (κ2) is 26.0. The normalized spacial score (nSPS) is 18.7. The van der Waals surface area contributed by atoms with Crippen LogP contribution in [-0.4, -0.2) is 117 Å². The highest BCUT2D eigenvalue weighted by molar-refractivity contribution is 5.96. The molecular formula is C63H84N12O6. The summed E-state index contributed by atoms with van der Waals surface area (Å²) in [6, 6.07) is 16.1. The minimum absolute atomic E-state index is 0.00481. The quantitative estimate of drug-likeness (QED) is 0.0544. The number of imidazole rings is 2. The van der Waals surface area contributed by atoms with Crippen LogP contribution in [0.3, 0.4) is 0 Å². The zero-order valence-electron chi connectivity index (χ0n) is 47.9. The number of benzene rings is 2. The summed E-state index contributed by atoms with van der Waals surface area (Å²) in [5.74, 6) is 4.97. The first kappa shape index (κ1) is 56.1. The van der Waals surface area contributed by atoms with Crippen molar-refractivity contribution in [1.82, 2.24) is 39.4 Å².